The summed E-state index contributed by atoms with van der Waals surface area (Å²) in [6, 6.07) is 0.667. The third-order valence-electron chi connectivity index (χ3n) is 3.15. The van der Waals surface area contributed by atoms with Crippen molar-refractivity contribution in [2.75, 3.05) is 13.2 Å². The molecule has 84 valence electrons. The Morgan fingerprint density at radius 3 is 2.64 bits per heavy atom. The van der Waals surface area contributed by atoms with E-state index in [9.17, 15) is 0 Å². The highest BCUT2D eigenvalue weighted by molar-refractivity contribution is 4.86. The van der Waals surface area contributed by atoms with E-state index in [2.05, 4.69) is 26.1 Å². The molecule has 0 heterocycles. The molecular weight excluding hydrogens is 174 g/mol. The molecule has 0 aromatic rings. The van der Waals surface area contributed by atoms with Crippen LogP contribution in [0.15, 0.2) is 0 Å². The number of aliphatic hydroxyl groups excluding tert-OH is 1. The second-order valence-electron chi connectivity index (χ2n) is 5.64. The minimum Gasteiger partial charge on any atom is -0.396 e. The molecule has 1 saturated carbocycles. The van der Waals surface area contributed by atoms with Crippen molar-refractivity contribution < 1.29 is 5.11 Å². The van der Waals surface area contributed by atoms with E-state index < -0.39 is 0 Å². The van der Waals surface area contributed by atoms with E-state index in [4.69, 9.17) is 5.11 Å². The Bertz CT molecular complexity index is 168. The quantitative estimate of drug-likeness (QED) is 0.680. The summed E-state index contributed by atoms with van der Waals surface area (Å²) in [5.74, 6) is 0.838. The number of hydrogen-bond acceptors (Lipinski definition) is 2. The van der Waals surface area contributed by atoms with Crippen LogP contribution in [0.1, 0.15) is 46.5 Å². The highest BCUT2D eigenvalue weighted by atomic mass is 16.3. The SMILES string of the molecule is C[C@H]1C[C@H](NCCCO)CC(C)(C)C1. The van der Waals surface area contributed by atoms with Crippen LogP contribution in [0.4, 0.5) is 0 Å². The minimum absolute atomic E-state index is 0.304. The second kappa shape index (κ2) is 5.13. The predicted octanol–water partition coefficient (Wildman–Crippen LogP) is 2.17. The first kappa shape index (κ1) is 12.0. The molecule has 1 rings (SSSR count). The highest BCUT2D eigenvalue weighted by Gasteiger charge is 2.31. The molecule has 2 atom stereocenters. The Morgan fingerprint density at radius 2 is 2.07 bits per heavy atom. The van der Waals surface area contributed by atoms with Gasteiger partial charge in [-0.25, -0.2) is 0 Å². The third kappa shape index (κ3) is 3.97. The molecule has 2 N–H and O–H groups in total. The summed E-state index contributed by atoms with van der Waals surface area (Å²) in [6.07, 6.45) is 4.81. The molecular formula is C12H25NO. The fraction of sp³-hybridized carbons (Fsp3) is 1.00. The molecule has 0 spiro atoms. The van der Waals surface area contributed by atoms with Crippen molar-refractivity contribution in [1.82, 2.24) is 5.32 Å². The zero-order valence-electron chi connectivity index (χ0n) is 9.84. The van der Waals surface area contributed by atoms with E-state index >= 15 is 0 Å². The summed E-state index contributed by atoms with van der Waals surface area (Å²) >= 11 is 0. The van der Waals surface area contributed by atoms with Crippen molar-refractivity contribution in [2.24, 2.45) is 11.3 Å². The van der Waals surface area contributed by atoms with Crippen molar-refractivity contribution in [3.05, 3.63) is 0 Å². The van der Waals surface area contributed by atoms with Gasteiger partial charge in [0.1, 0.15) is 0 Å². The molecule has 1 aliphatic carbocycles. The molecule has 1 aliphatic rings. The Labute approximate surface area is 88.1 Å². The van der Waals surface area contributed by atoms with Crippen LogP contribution >= 0.6 is 0 Å². The Morgan fingerprint density at radius 1 is 1.36 bits per heavy atom. The lowest BCUT2D eigenvalue weighted by atomic mass is 9.70. The first-order valence-electron chi connectivity index (χ1n) is 5.88. The molecule has 0 amide bonds. The van der Waals surface area contributed by atoms with Crippen molar-refractivity contribution >= 4 is 0 Å². The second-order valence-corrected chi connectivity index (χ2v) is 5.64. The van der Waals surface area contributed by atoms with Gasteiger partial charge in [0.25, 0.3) is 0 Å². The summed E-state index contributed by atoms with van der Waals surface area (Å²) in [7, 11) is 0. The molecule has 2 nitrogen and oxygen atoms in total. The van der Waals surface area contributed by atoms with Crippen LogP contribution in [0.3, 0.4) is 0 Å². The van der Waals surface area contributed by atoms with Crippen LogP contribution in [0.5, 0.6) is 0 Å². The first-order valence-corrected chi connectivity index (χ1v) is 5.88. The number of rotatable bonds is 4. The van der Waals surface area contributed by atoms with Gasteiger partial charge in [-0.05, 0) is 43.6 Å². The Balaban J connectivity index is 2.30. The molecule has 0 saturated heterocycles. The van der Waals surface area contributed by atoms with Gasteiger partial charge in [0, 0.05) is 12.6 Å². The van der Waals surface area contributed by atoms with Gasteiger partial charge in [-0.2, -0.15) is 0 Å². The van der Waals surface area contributed by atoms with Crippen LogP contribution in [-0.4, -0.2) is 24.3 Å². The third-order valence-corrected chi connectivity index (χ3v) is 3.15. The lowest BCUT2D eigenvalue weighted by Gasteiger charge is -2.39. The molecule has 1 fully saturated rings. The van der Waals surface area contributed by atoms with E-state index in [1.807, 2.05) is 0 Å². The molecule has 14 heavy (non-hydrogen) atoms. The normalized spacial score (nSPS) is 31.7. The summed E-state index contributed by atoms with van der Waals surface area (Å²) < 4.78 is 0. The van der Waals surface area contributed by atoms with Gasteiger partial charge in [0.05, 0.1) is 0 Å². The molecule has 0 radical (unpaired) electrons. The van der Waals surface area contributed by atoms with Crippen molar-refractivity contribution in [1.29, 1.82) is 0 Å². The standard InChI is InChI=1S/C12H25NO/c1-10-7-11(13-5-4-6-14)9-12(2,3)8-10/h10-11,13-14H,4-9H2,1-3H3/t10-,11-/m0/s1. The number of hydrogen-bond donors (Lipinski definition) is 2. The molecule has 0 aromatic heterocycles. The molecule has 0 bridgehead atoms. The van der Waals surface area contributed by atoms with Gasteiger partial charge in [-0.15, -0.1) is 0 Å². The molecule has 2 heteroatoms. The van der Waals surface area contributed by atoms with E-state index in [1.54, 1.807) is 0 Å². The van der Waals surface area contributed by atoms with Crippen LogP contribution in [0, 0.1) is 11.3 Å². The van der Waals surface area contributed by atoms with E-state index in [1.165, 1.54) is 19.3 Å². The average Bonchev–Trinajstić information content (AvgIpc) is 2.00. The van der Waals surface area contributed by atoms with Crippen LogP contribution in [0.2, 0.25) is 0 Å². The van der Waals surface area contributed by atoms with E-state index in [-0.39, 0.29) is 0 Å². The van der Waals surface area contributed by atoms with Crippen molar-refractivity contribution in [3.8, 4) is 0 Å². The van der Waals surface area contributed by atoms with Crippen LogP contribution < -0.4 is 5.32 Å². The zero-order valence-corrected chi connectivity index (χ0v) is 9.84. The van der Waals surface area contributed by atoms with Crippen LogP contribution in [0.25, 0.3) is 0 Å². The summed E-state index contributed by atoms with van der Waals surface area (Å²) in [5.41, 5.74) is 0.495. The molecule has 0 unspecified atom stereocenters. The minimum atomic E-state index is 0.304. The van der Waals surface area contributed by atoms with Gasteiger partial charge in [-0.1, -0.05) is 20.8 Å². The smallest absolute Gasteiger partial charge is 0.0443 e. The largest absolute Gasteiger partial charge is 0.396 e. The van der Waals surface area contributed by atoms with Crippen molar-refractivity contribution in [3.63, 3.8) is 0 Å². The highest BCUT2D eigenvalue weighted by Crippen LogP contribution is 2.38. The topological polar surface area (TPSA) is 32.3 Å². The first-order chi connectivity index (χ1) is 6.53. The number of nitrogens with one attached hydrogen (secondary N) is 1. The Kier molecular flexibility index (Phi) is 4.39. The maximum absolute atomic E-state index is 8.71. The zero-order chi connectivity index (χ0) is 10.6. The fourth-order valence-electron chi connectivity index (χ4n) is 2.89. The maximum Gasteiger partial charge on any atom is 0.0443 e. The molecule has 0 aromatic carbocycles. The summed E-state index contributed by atoms with van der Waals surface area (Å²) in [5, 5.41) is 12.3. The monoisotopic (exact) mass is 199 g/mol. The maximum atomic E-state index is 8.71. The summed E-state index contributed by atoms with van der Waals surface area (Å²) in [6.45, 7) is 8.34. The lowest BCUT2D eigenvalue weighted by Crippen LogP contribution is -2.40. The predicted molar refractivity (Wildman–Crippen MR) is 60.3 cm³/mol. The lowest BCUT2D eigenvalue weighted by molar-refractivity contribution is 0.150. The van der Waals surface area contributed by atoms with E-state index in [0.29, 0.717) is 18.1 Å². The Hall–Kier alpha value is -0.0800. The fourth-order valence-corrected chi connectivity index (χ4v) is 2.89. The van der Waals surface area contributed by atoms with Gasteiger partial charge in [-0.3, -0.25) is 0 Å². The summed E-state index contributed by atoms with van der Waals surface area (Å²) in [4.78, 5) is 0. The van der Waals surface area contributed by atoms with Gasteiger partial charge in [0.15, 0.2) is 0 Å². The van der Waals surface area contributed by atoms with Crippen LogP contribution in [-0.2, 0) is 0 Å². The van der Waals surface area contributed by atoms with Gasteiger partial charge in [0.2, 0.25) is 0 Å². The molecule has 0 aliphatic heterocycles. The van der Waals surface area contributed by atoms with Gasteiger partial charge < -0.3 is 10.4 Å². The van der Waals surface area contributed by atoms with Gasteiger partial charge >= 0.3 is 0 Å². The number of aliphatic hydroxyl groups is 1. The van der Waals surface area contributed by atoms with Crippen molar-refractivity contribution in [2.45, 2.75) is 52.5 Å². The average molecular weight is 199 g/mol. The van der Waals surface area contributed by atoms with E-state index in [0.717, 1.165) is 18.9 Å².